The van der Waals surface area contributed by atoms with E-state index in [4.69, 9.17) is 0 Å². The molecule has 16 heavy (non-hydrogen) atoms. The van der Waals surface area contributed by atoms with Crippen molar-refractivity contribution in [2.75, 3.05) is 46.3 Å². The molecule has 3 heteroatoms. The highest BCUT2D eigenvalue weighted by molar-refractivity contribution is 4.86. The Morgan fingerprint density at radius 3 is 2.56 bits per heavy atom. The van der Waals surface area contributed by atoms with Crippen molar-refractivity contribution >= 4 is 0 Å². The van der Waals surface area contributed by atoms with Gasteiger partial charge in [0.15, 0.2) is 0 Å². The Kier molecular flexibility index (Phi) is 3.88. The molecule has 0 bridgehead atoms. The molecule has 0 spiro atoms. The second kappa shape index (κ2) is 5.03. The summed E-state index contributed by atoms with van der Waals surface area (Å²) in [5.41, 5.74) is 0.559. The Balaban J connectivity index is 1.83. The van der Waals surface area contributed by atoms with Crippen molar-refractivity contribution in [1.82, 2.24) is 15.1 Å². The Morgan fingerprint density at radius 1 is 1.25 bits per heavy atom. The van der Waals surface area contributed by atoms with Crippen LogP contribution >= 0.6 is 0 Å². The van der Waals surface area contributed by atoms with Gasteiger partial charge in [-0.2, -0.15) is 0 Å². The molecule has 2 aliphatic rings. The Morgan fingerprint density at radius 2 is 1.94 bits per heavy atom. The lowest BCUT2D eigenvalue weighted by molar-refractivity contribution is 0.0734. The molecule has 0 saturated carbocycles. The average Bonchev–Trinajstić information content (AvgIpc) is 2.23. The zero-order valence-electron chi connectivity index (χ0n) is 11.1. The molecule has 1 N–H and O–H groups in total. The second-order valence-electron chi connectivity index (χ2n) is 6.20. The number of piperidine rings is 1. The van der Waals surface area contributed by atoms with Crippen molar-refractivity contribution in [2.45, 2.75) is 32.7 Å². The summed E-state index contributed by atoms with van der Waals surface area (Å²) in [6, 6.07) is 0.670. The first kappa shape index (κ1) is 12.3. The molecule has 3 nitrogen and oxygen atoms in total. The molecule has 0 amide bonds. The first-order valence-corrected chi connectivity index (χ1v) is 6.72. The molecule has 2 fully saturated rings. The van der Waals surface area contributed by atoms with Crippen LogP contribution in [0, 0.1) is 5.41 Å². The van der Waals surface area contributed by atoms with Gasteiger partial charge in [-0.3, -0.25) is 4.90 Å². The van der Waals surface area contributed by atoms with Crippen molar-refractivity contribution in [3.05, 3.63) is 0 Å². The molecular formula is C13H27N3. The third-order valence-corrected chi connectivity index (χ3v) is 4.25. The summed E-state index contributed by atoms with van der Waals surface area (Å²) in [5.74, 6) is 0. The molecule has 2 rings (SSSR count). The van der Waals surface area contributed by atoms with Crippen LogP contribution in [0.15, 0.2) is 0 Å². The summed E-state index contributed by atoms with van der Waals surface area (Å²) in [7, 11) is 2.24. The number of piperazine rings is 1. The third-order valence-electron chi connectivity index (χ3n) is 4.25. The summed E-state index contributed by atoms with van der Waals surface area (Å²) < 4.78 is 0. The SMILES string of the molecule is CC1CN(CC2(C)CCN(C)CC2)CCN1. The van der Waals surface area contributed by atoms with Gasteiger partial charge in [-0.1, -0.05) is 6.92 Å². The Bertz CT molecular complexity index is 221. The van der Waals surface area contributed by atoms with E-state index in [0.717, 1.165) is 6.54 Å². The van der Waals surface area contributed by atoms with Crippen LogP contribution in [0.1, 0.15) is 26.7 Å². The maximum atomic E-state index is 3.52. The van der Waals surface area contributed by atoms with Crippen molar-refractivity contribution in [2.24, 2.45) is 5.41 Å². The van der Waals surface area contributed by atoms with Crippen LogP contribution in [-0.4, -0.2) is 62.2 Å². The van der Waals surface area contributed by atoms with Crippen LogP contribution in [0.2, 0.25) is 0 Å². The van der Waals surface area contributed by atoms with Gasteiger partial charge in [0.05, 0.1) is 0 Å². The lowest BCUT2D eigenvalue weighted by Gasteiger charge is -2.43. The van der Waals surface area contributed by atoms with E-state index in [-0.39, 0.29) is 0 Å². The predicted molar refractivity (Wildman–Crippen MR) is 68.7 cm³/mol. The summed E-state index contributed by atoms with van der Waals surface area (Å²) in [4.78, 5) is 5.12. The monoisotopic (exact) mass is 225 g/mol. The van der Waals surface area contributed by atoms with Crippen LogP contribution in [0.5, 0.6) is 0 Å². The van der Waals surface area contributed by atoms with Crippen LogP contribution in [0.4, 0.5) is 0 Å². The van der Waals surface area contributed by atoms with Gasteiger partial charge in [0.2, 0.25) is 0 Å². The van der Waals surface area contributed by atoms with E-state index >= 15 is 0 Å². The largest absolute Gasteiger partial charge is 0.312 e. The molecule has 0 aliphatic carbocycles. The molecule has 2 saturated heterocycles. The van der Waals surface area contributed by atoms with Gasteiger partial charge >= 0.3 is 0 Å². The van der Waals surface area contributed by atoms with Gasteiger partial charge in [-0.05, 0) is 45.3 Å². The highest BCUT2D eigenvalue weighted by atomic mass is 15.2. The maximum absolute atomic E-state index is 3.52. The van der Waals surface area contributed by atoms with E-state index in [9.17, 15) is 0 Å². The minimum atomic E-state index is 0.559. The van der Waals surface area contributed by atoms with E-state index < -0.39 is 0 Å². The second-order valence-corrected chi connectivity index (χ2v) is 6.20. The summed E-state index contributed by atoms with van der Waals surface area (Å²) >= 11 is 0. The molecule has 0 aromatic carbocycles. The van der Waals surface area contributed by atoms with Gasteiger partial charge < -0.3 is 10.2 Å². The van der Waals surface area contributed by atoms with Crippen molar-refractivity contribution in [1.29, 1.82) is 0 Å². The zero-order chi connectivity index (χ0) is 11.6. The quantitative estimate of drug-likeness (QED) is 0.757. The summed E-state index contributed by atoms with van der Waals surface area (Å²) in [6.45, 7) is 12.2. The fraction of sp³-hybridized carbons (Fsp3) is 1.00. The fourth-order valence-electron chi connectivity index (χ4n) is 3.01. The number of hydrogen-bond acceptors (Lipinski definition) is 3. The van der Waals surface area contributed by atoms with E-state index in [0.29, 0.717) is 11.5 Å². The topological polar surface area (TPSA) is 18.5 Å². The molecule has 1 unspecified atom stereocenters. The molecule has 2 heterocycles. The highest BCUT2D eigenvalue weighted by Gasteiger charge is 2.31. The summed E-state index contributed by atoms with van der Waals surface area (Å²) in [5, 5.41) is 3.52. The van der Waals surface area contributed by atoms with Crippen molar-refractivity contribution < 1.29 is 0 Å². The minimum Gasteiger partial charge on any atom is -0.312 e. The van der Waals surface area contributed by atoms with Crippen LogP contribution < -0.4 is 5.32 Å². The molecule has 0 radical (unpaired) electrons. The molecule has 94 valence electrons. The number of nitrogens with zero attached hydrogens (tertiary/aromatic N) is 2. The Labute approximate surface area is 100 Å². The van der Waals surface area contributed by atoms with Gasteiger partial charge in [0.1, 0.15) is 0 Å². The number of likely N-dealkylation sites (tertiary alicyclic amines) is 1. The third kappa shape index (κ3) is 3.19. The normalized spacial score (nSPS) is 32.8. The minimum absolute atomic E-state index is 0.559. The molecule has 2 aliphatic heterocycles. The molecule has 0 aromatic rings. The number of hydrogen-bond donors (Lipinski definition) is 1. The predicted octanol–water partition coefficient (Wildman–Crippen LogP) is 1.01. The van der Waals surface area contributed by atoms with Crippen molar-refractivity contribution in [3.8, 4) is 0 Å². The van der Waals surface area contributed by atoms with Gasteiger partial charge in [-0.15, -0.1) is 0 Å². The molecule has 1 atom stereocenters. The van der Waals surface area contributed by atoms with Crippen molar-refractivity contribution in [3.63, 3.8) is 0 Å². The van der Waals surface area contributed by atoms with Crippen LogP contribution in [-0.2, 0) is 0 Å². The highest BCUT2D eigenvalue weighted by Crippen LogP contribution is 2.31. The van der Waals surface area contributed by atoms with Gasteiger partial charge in [0, 0.05) is 32.2 Å². The zero-order valence-corrected chi connectivity index (χ0v) is 11.1. The molecular weight excluding hydrogens is 198 g/mol. The number of rotatable bonds is 2. The van der Waals surface area contributed by atoms with E-state index in [1.165, 1.54) is 45.6 Å². The van der Waals surface area contributed by atoms with Crippen LogP contribution in [0.25, 0.3) is 0 Å². The Hall–Kier alpha value is -0.120. The number of nitrogens with one attached hydrogen (secondary N) is 1. The fourth-order valence-corrected chi connectivity index (χ4v) is 3.01. The van der Waals surface area contributed by atoms with E-state index in [1.807, 2.05) is 0 Å². The lowest BCUT2D eigenvalue weighted by atomic mass is 9.80. The van der Waals surface area contributed by atoms with Crippen LogP contribution in [0.3, 0.4) is 0 Å². The van der Waals surface area contributed by atoms with E-state index in [1.54, 1.807) is 0 Å². The van der Waals surface area contributed by atoms with Gasteiger partial charge in [-0.25, -0.2) is 0 Å². The van der Waals surface area contributed by atoms with Gasteiger partial charge in [0.25, 0.3) is 0 Å². The lowest BCUT2D eigenvalue weighted by Crippen LogP contribution is -2.53. The molecule has 0 aromatic heterocycles. The standard InChI is InChI=1S/C13H27N3/c1-12-10-16(9-6-14-12)11-13(2)4-7-15(3)8-5-13/h12,14H,4-11H2,1-3H3. The maximum Gasteiger partial charge on any atom is 0.0167 e. The summed E-state index contributed by atoms with van der Waals surface area (Å²) in [6.07, 6.45) is 2.73. The van der Waals surface area contributed by atoms with E-state index in [2.05, 4.69) is 36.0 Å². The first-order chi connectivity index (χ1) is 7.57. The smallest absolute Gasteiger partial charge is 0.0167 e. The average molecular weight is 225 g/mol. The first-order valence-electron chi connectivity index (χ1n) is 6.72.